The summed E-state index contributed by atoms with van der Waals surface area (Å²) in [6.45, 7) is 0. The van der Waals surface area contributed by atoms with E-state index in [1.807, 2.05) is 31.3 Å². The Kier molecular flexibility index (Phi) is 4.16. The van der Waals surface area contributed by atoms with Crippen molar-refractivity contribution in [1.82, 2.24) is 14.9 Å². The molecule has 2 atom stereocenters. The maximum Gasteiger partial charge on any atom is 0.262 e. The lowest BCUT2D eigenvalue weighted by Gasteiger charge is -2.21. The van der Waals surface area contributed by atoms with Crippen LogP contribution < -0.4 is 10.1 Å². The Hall–Kier alpha value is -3.15. The van der Waals surface area contributed by atoms with Crippen molar-refractivity contribution in [2.45, 2.75) is 18.6 Å². The van der Waals surface area contributed by atoms with Crippen molar-refractivity contribution in [3.8, 4) is 5.75 Å². The van der Waals surface area contributed by atoms with Crippen molar-refractivity contribution in [1.29, 1.82) is 0 Å². The number of ether oxygens (including phenoxy) is 1. The van der Waals surface area contributed by atoms with Crippen LogP contribution in [-0.4, -0.2) is 21.6 Å². The van der Waals surface area contributed by atoms with E-state index in [2.05, 4.69) is 10.3 Å². The number of aromatic nitrogens is 2. The van der Waals surface area contributed by atoms with Crippen LogP contribution in [0.15, 0.2) is 60.9 Å². The number of nitrogens with one attached hydrogen (secondary N) is 1. The molecule has 0 saturated carbocycles. The average Bonchev–Trinajstić information content (AvgIpc) is 3.25. The zero-order valence-electron chi connectivity index (χ0n) is 14.2. The van der Waals surface area contributed by atoms with Crippen molar-refractivity contribution in [2.24, 2.45) is 7.05 Å². The zero-order valence-corrected chi connectivity index (χ0v) is 14.2. The SMILES string of the molecule is Cn1ccnc1[C@@H](NC(=O)[C@@H]1Cc2ccccc2O1)c1cccc(F)c1. The number of hydrogen-bond acceptors (Lipinski definition) is 3. The molecular formula is C20H18FN3O2. The van der Waals surface area contributed by atoms with Gasteiger partial charge in [0.25, 0.3) is 5.91 Å². The van der Waals surface area contributed by atoms with Gasteiger partial charge in [0, 0.05) is 25.9 Å². The van der Waals surface area contributed by atoms with Crippen molar-refractivity contribution in [2.75, 3.05) is 0 Å². The number of benzene rings is 2. The minimum atomic E-state index is -0.608. The Morgan fingerprint density at radius 3 is 2.88 bits per heavy atom. The first-order chi connectivity index (χ1) is 12.6. The van der Waals surface area contributed by atoms with Gasteiger partial charge < -0.3 is 14.6 Å². The van der Waals surface area contributed by atoms with Crippen LogP contribution in [0.5, 0.6) is 5.75 Å². The molecule has 0 aliphatic carbocycles. The maximum absolute atomic E-state index is 13.7. The molecule has 0 spiro atoms. The van der Waals surface area contributed by atoms with Crippen LogP contribution in [0, 0.1) is 5.82 Å². The Morgan fingerprint density at radius 2 is 2.15 bits per heavy atom. The molecule has 3 aromatic rings. The molecule has 0 radical (unpaired) electrons. The monoisotopic (exact) mass is 351 g/mol. The molecule has 0 bridgehead atoms. The van der Waals surface area contributed by atoms with E-state index in [9.17, 15) is 9.18 Å². The van der Waals surface area contributed by atoms with Gasteiger partial charge in [-0.1, -0.05) is 30.3 Å². The second-order valence-electron chi connectivity index (χ2n) is 6.31. The fourth-order valence-corrected chi connectivity index (χ4v) is 3.20. The lowest BCUT2D eigenvalue weighted by molar-refractivity contribution is -0.127. The third kappa shape index (κ3) is 3.06. The summed E-state index contributed by atoms with van der Waals surface area (Å²) in [4.78, 5) is 17.1. The first kappa shape index (κ1) is 16.3. The van der Waals surface area contributed by atoms with Crippen molar-refractivity contribution < 1.29 is 13.9 Å². The van der Waals surface area contributed by atoms with Gasteiger partial charge in [0.05, 0.1) is 0 Å². The summed E-state index contributed by atoms with van der Waals surface area (Å²) in [7, 11) is 1.84. The summed E-state index contributed by atoms with van der Waals surface area (Å²) >= 11 is 0. The number of halogens is 1. The highest BCUT2D eigenvalue weighted by molar-refractivity contribution is 5.83. The predicted octanol–water partition coefficient (Wildman–Crippen LogP) is 2.77. The normalized spacial score (nSPS) is 16.6. The number of carbonyl (C=O) groups is 1. The Balaban J connectivity index is 1.60. The Morgan fingerprint density at radius 1 is 1.31 bits per heavy atom. The Labute approximate surface area is 150 Å². The van der Waals surface area contributed by atoms with E-state index >= 15 is 0 Å². The number of imidazole rings is 1. The molecule has 0 fully saturated rings. The standard InChI is InChI=1S/C20H18FN3O2/c1-24-10-9-22-19(24)18(14-6-4-7-15(21)11-14)23-20(25)17-12-13-5-2-3-8-16(13)26-17/h2-11,17-18H,12H2,1H3,(H,23,25)/t17-,18-/m0/s1. The number of nitrogens with zero attached hydrogens (tertiary/aromatic N) is 2. The van der Waals surface area contributed by atoms with Gasteiger partial charge >= 0.3 is 0 Å². The molecule has 0 saturated heterocycles. The highest BCUT2D eigenvalue weighted by atomic mass is 19.1. The lowest BCUT2D eigenvalue weighted by Crippen LogP contribution is -2.40. The van der Waals surface area contributed by atoms with Crippen LogP contribution in [0.1, 0.15) is 23.0 Å². The van der Waals surface area contributed by atoms with Crippen molar-refractivity contribution in [3.05, 3.63) is 83.7 Å². The van der Waals surface area contributed by atoms with Gasteiger partial charge in [0.15, 0.2) is 6.10 Å². The smallest absolute Gasteiger partial charge is 0.262 e. The van der Waals surface area contributed by atoms with Gasteiger partial charge in [-0.3, -0.25) is 4.79 Å². The maximum atomic E-state index is 13.7. The molecule has 5 nitrogen and oxygen atoms in total. The minimum absolute atomic E-state index is 0.251. The number of amides is 1. The summed E-state index contributed by atoms with van der Waals surface area (Å²) in [6.07, 6.45) is 3.34. The summed E-state index contributed by atoms with van der Waals surface area (Å²) < 4.78 is 21.3. The van der Waals surface area contributed by atoms with E-state index in [0.717, 1.165) is 11.3 Å². The third-order valence-electron chi connectivity index (χ3n) is 4.52. The van der Waals surface area contributed by atoms with Crippen LogP contribution in [0.4, 0.5) is 4.39 Å². The summed E-state index contributed by atoms with van der Waals surface area (Å²) in [5.74, 6) is 0.741. The molecule has 0 unspecified atom stereocenters. The summed E-state index contributed by atoms with van der Waals surface area (Å²) in [5.41, 5.74) is 1.63. The fourth-order valence-electron chi connectivity index (χ4n) is 3.20. The van der Waals surface area contributed by atoms with Gasteiger partial charge in [-0.05, 0) is 29.3 Å². The summed E-state index contributed by atoms with van der Waals surface area (Å²) in [6, 6.07) is 13.2. The van der Waals surface area contributed by atoms with Crippen molar-refractivity contribution >= 4 is 5.91 Å². The van der Waals surface area contributed by atoms with Gasteiger partial charge in [0.1, 0.15) is 23.4 Å². The van der Waals surface area contributed by atoms with E-state index in [4.69, 9.17) is 4.74 Å². The van der Waals surface area contributed by atoms with E-state index in [0.29, 0.717) is 17.8 Å². The number of fused-ring (bicyclic) bond motifs is 1. The molecule has 1 amide bonds. The molecule has 132 valence electrons. The highest BCUT2D eigenvalue weighted by Gasteiger charge is 2.31. The molecule has 26 heavy (non-hydrogen) atoms. The molecule has 4 rings (SSSR count). The van der Waals surface area contributed by atoms with Crippen LogP contribution in [-0.2, 0) is 18.3 Å². The van der Waals surface area contributed by atoms with Crippen LogP contribution in [0.25, 0.3) is 0 Å². The van der Waals surface area contributed by atoms with Crippen molar-refractivity contribution in [3.63, 3.8) is 0 Å². The predicted molar refractivity (Wildman–Crippen MR) is 94.2 cm³/mol. The first-order valence-electron chi connectivity index (χ1n) is 8.39. The molecule has 1 aromatic heterocycles. The highest BCUT2D eigenvalue weighted by Crippen LogP contribution is 2.29. The molecule has 1 N–H and O–H groups in total. The fraction of sp³-hybridized carbons (Fsp3) is 0.200. The number of carbonyl (C=O) groups excluding carboxylic acids is 1. The van der Waals surface area contributed by atoms with Crippen LogP contribution >= 0.6 is 0 Å². The number of hydrogen-bond donors (Lipinski definition) is 1. The van der Waals surface area contributed by atoms with Crippen LogP contribution in [0.2, 0.25) is 0 Å². The van der Waals surface area contributed by atoms with E-state index in [1.165, 1.54) is 12.1 Å². The number of para-hydroxylation sites is 1. The molecule has 2 heterocycles. The first-order valence-corrected chi connectivity index (χ1v) is 8.39. The van der Waals surface area contributed by atoms with Gasteiger partial charge in [-0.25, -0.2) is 9.37 Å². The second kappa shape index (κ2) is 6.63. The quantitative estimate of drug-likeness (QED) is 0.786. The molecule has 2 aromatic carbocycles. The number of aryl methyl sites for hydroxylation is 1. The second-order valence-corrected chi connectivity index (χ2v) is 6.31. The van der Waals surface area contributed by atoms with Gasteiger partial charge in [-0.15, -0.1) is 0 Å². The topological polar surface area (TPSA) is 56.2 Å². The molecule has 1 aliphatic rings. The average molecular weight is 351 g/mol. The van der Waals surface area contributed by atoms with Gasteiger partial charge in [0.2, 0.25) is 0 Å². The van der Waals surface area contributed by atoms with E-state index in [1.54, 1.807) is 29.1 Å². The molecule has 6 heteroatoms. The van der Waals surface area contributed by atoms with E-state index in [-0.39, 0.29) is 11.7 Å². The largest absolute Gasteiger partial charge is 0.480 e. The minimum Gasteiger partial charge on any atom is -0.480 e. The van der Waals surface area contributed by atoms with Crippen LogP contribution in [0.3, 0.4) is 0 Å². The Bertz CT molecular complexity index is 928. The lowest BCUT2D eigenvalue weighted by atomic mass is 10.0. The molecule has 1 aliphatic heterocycles. The number of rotatable bonds is 4. The molecular weight excluding hydrogens is 333 g/mol. The van der Waals surface area contributed by atoms with Gasteiger partial charge in [-0.2, -0.15) is 0 Å². The van der Waals surface area contributed by atoms with E-state index < -0.39 is 12.1 Å². The third-order valence-corrected chi connectivity index (χ3v) is 4.52. The zero-order chi connectivity index (χ0) is 18.1. The summed E-state index contributed by atoms with van der Waals surface area (Å²) in [5, 5.41) is 2.97.